The summed E-state index contributed by atoms with van der Waals surface area (Å²) in [7, 11) is 1.67. The van der Waals surface area contributed by atoms with E-state index in [1.807, 2.05) is 12.1 Å². The first-order valence-corrected chi connectivity index (χ1v) is 8.07. The Morgan fingerprint density at radius 2 is 2.17 bits per heavy atom. The van der Waals surface area contributed by atoms with Crippen molar-refractivity contribution >= 4 is 17.5 Å². The van der Waals surface area contributed by atoms with Crippen LogP contribution in [-0.4, -0.2) is 45.2 Å². The molecule has 0 saturated carbocycles. The standard InChI is InChI=1S/C17H25N3O3/c1-23-10-9-18-7-8-19-16(21)4-2-3-13-5-6-15-14(11-13)12-17(22)20-15/h5-6,11,18H,2-4,7-10,12H2,1H3,(H,19,21)(H,20,22). The minimum absolute atomic E-state index is 0.0515. The average Bonchev–Trinajstić information content (AvgIpc) is 2.90. The van der Waals surface area contributed by atoms with E-state index in [2.05, 4.69) is 22.0 Å². The van der Waals surface area contributed by atoms with Crippen LogP contribution in [-0.2, 0) is 27.2 Å². The maximum atomic E-state index is 11.7. The Morgan fingerprint density at radius 3 is 3.00 bits per heavy atom. The molecule has 0 aromatic heterocycles. The number of rotatable bonds is 10. The van der Waals surface area contributed by atoms with Gasteiger partial charge in [0, 0.05) is 38.9 Å². The molecule has 0 radical (unpaired) electrons. The predicted molar refractivity (Wildman–Crippen MR) is 89.5 cm³/mol. The molecule has 126 valence electrons. The van der Waals surface area contributed by atoms with E-state index in [9.17, 15) is 9.59 Å². The molecule has 0 atom stereocenters. The maximum Gasteiger partial charge on any atom is 0.228 e. The molecule has 6 nitrogen and oxygen atoms in total. The minimum Gasteiger partial charge on any atom is -0.383 e. The number of amides is 2. The van der Waals surface area contributed by atoms with E-state index in [0.717, 1.165) is 37.2 Å². The van der Waals surface area contributed by atoms with E-state index >= 15 is 0 Å². The lowest BCUT2D eigenvalue weighted by molar-refractivity contribution is -0.121. The van der Waals surface area contributed by atoms with Gasteiger partial charge in [-0.2, -0.15) is 0 Å². The fraction of sp³-hybridized carbons (Fsp3) is 0.529. The largest absolute Gasteiger partial charge is 0.383 e. The van der Waals surface area contributed by atoms with Crippen molar-refractivity contribution in [2.45, 2.75) is 25.7 Å². The molecule has 1 aliphatic rings. The van der Waals surface area contributed by atoms with E-state index in [1.165, 1.54) is 5.56 Å². The number of fused-ring (bicyclic) bond motifs is 1. The third-order valence-corrected chi connectivity index (χ3v) is 3.77. The van der Waals surface area contributed by atoms with Gasteiger partial charge in [0.15, 0.2) is 0 Å². The van der Waals surface area contributed by atoms with Gasteiger partial charge in [-0.05, 0) is 30.0 Å². The van der Waals surface area contributed by atoms with Crippen LogP contribution in [0.3, 0.4) is 0 Å². The summed E-state index contributed by atoms with van der Waals surface area (Å²) in [6.45, 7) is 2.86. The van der Waals surface area contributed by atoms with Gasteiger partial charge in [-0.15, -0.1) is 0 Å². The summed E-state index contributed by atoms with van der Waals surface area (Å²) in [5.41, 5.74) is 3.14. The quantitative estimate of drug-likeness (QED) is 0.559. The van der Waals surface area contributed by atoms with E-state index in [4.69, 9.17) is 4.74 Å². The van der Waals surface area contributed by atoms with Gasteiger partial charge in [0.25, 0.3) is 0 Å². The van der Waals surface area contributed by atoms with Crippen LogP contribution in [0.1, 0.15) is 24.0 Å². The monoisotopic (exact) mass is 319 g/mol. The normalized spacial score (nSPS) is 12.8. The molecule has 1 aliphatic heterocycles. The number of anilines is 1. The minimum atomic E-state index is 0.0515. The number of aryl methyl sites for hydroxylation is 1. The Hall–Kier alpha value is -1.92. The zero-order chi connectivity index (χ0) is 16.5. The van der Waals surface area contributed by atoms with Gasteiger partial charge in [-0.1, -0.05) is 12.1 Å². The Morgan fingerprint density at radius 1 is 1.30 bits per heavy atom. The van der Waals surface area contributed by atoms with Crippen LogP contribution in [0.15, 0.2) is 18.2 Å². The van der Waals surface area contributed by atoms with Crippen molar-refractivity contribution in [1.29, 1.82) is 0 Å². The molecule has 0 bridgehead atoms. The van der Waals surface area contributed by atoms with E-state index in [1.54, 1.807) is 7.11 Å². The molecule has 0 saturated heterocycles. The summed E-state index contributed by atoms with van der Waals surface area (Å²) >= 11 is 0. The number of nitrogens with one attached hydrogen (secondary N) is 3. The summed E-state index contributed by atoms with van der Waals surface area (Å²) in [4.78, 5) is 23.1. The zero-order valence-corrected chi connectivity index (χ0v) is 13.6. The van der Waals surface area contributed by atoms with Crippen molar-refractivity contribution < 1.29 is 14.3 Å². The number of hydrogen-bond donors (Lipinski definition) is 3. The van der Waals surface area contributed by atoms with Crippen molar-refractivity contribution in [2.75, 3.05) is 38.7 Å². The highest BCUT2D eigenvalue weighted by Gasteiger charge is 2.17. The van der Waals surface area contributed by atoms with Crippen LogP contribution in [0.4, 0.5) is 5.69 Å². The summed E-state index contributed by atoms with van der Waals surface area (Å²) < 4.78 is 4.93. The molecule has 0 fully saturated rings. The van der Waals surface area contributed by atoms with E-state index in [-0.39, 0.29) is 11.8 Å². The molecule has 23 heavy (non-hydrogen) atoms. The third kappa shape index (κ3) is 6.00. The van der Waals surface area contributed by atoms with Gasteiger partial charge in [-0.3, -0.25) is 9.59 Å². The second-order valence-corrected chi connectivity index (χ2v) is 5.66. The number of benzene rings is 1. The van der Waals surface area contributed by atoms with Crippen LogP contribution in [0.5, 0.6) is 0 Å². The highest BCUT2D eigenvalue weighted by Crippen LogP contribution is 2.24. The van der Waals surface area contributed by atoms with Crippen molar-refractivity contribution in [2.24, 2.45) is 0 Å². The number of methoxy groups -OCH3 is 1. The summed E-state index contributed by atoms with van der Waals surface area (Å²) in [5.74, 6) is 0.132. The van der Waals surface area contributed by atoms with Crippen molar-refractivity contribution in [3.8, 4) is 0 Å². The summed E-state index contributed by atoms with van der Waals surface area (Å²) in [5, 5.41) is 8.90. The van der Waals surface area contributed by atoms with Crippen molar-refractivity contribution in [1.82, 2.24) is 10.6 Å². The molecule has 2 rings (SSSR count). The predicted octanol–water partition coefficient (Wildman–Crippen LogP) is 0.856. The van der Waals surface area contributed by atoms with Crippen molar-refractivity contribution in [3.63, 3.8) is 0 Å². The smallest absolute Gasteiger partial charge is 0.228 e. The highest BCUT2D eigenvalue weighted by molar-refractivity contribution is 5.99. The molecule has 6 heteroatoms. The van der Waals surface area contributed by atoms with Gasteiger partial charge in [0.1, 0.15) is 0 Å². The van der Waals surface area contributed by atoms with Crippen LogP contribution >= 0.6 is 0 Å². The molecule has 0 aliphatic carbocycles. The molecule has 2 amide bonds. The van der Waals surface area contributed by atoms with Gasteiger partial charge < -0.3 is 20.7 Å². The molecular formula is C17H25N3O3. The van der Waals surface area contributed by atoms with Gasteiger partial charge in [0.05, 0.1) is 13.0 Å². The lowest BCUT2D eigenvalue weighted by Gasteiger charge is -2.07. The topological polar surface area (TPSA) is 79.5 Å². The fourth-order valence-corrected chi connectivity index (χ4v) is 2.57. The first-order valence-electron chi connectivity index (χ1n) is 8.07. The van der Waals surface area contributed by atoms with E-state index < -0.39 is 0 Å². The van der Waals surface area contributed by atoms with Crippen molar-refractivity contribution in [3.05, 3.63) is 29.3 Å². The van der Waals surface area contributed by atoms with Crippen LogP contribution in [0.2, 0.25) is 0 Å². The number of hydrogen-bond acceptors (Lipinski definition) is 4. The Balaban J connectivity index is 1.59. The van der Waals surface area contributed by atoms with Crippen LogP contribution < -0.4 is 16.0 Å². The number of carbonyl (C=O) groups excluding carboxylic acids is 2. The molecule has 0 spiro atoms. The zero-order valence-electron chi connectivity index (χ0n) is 13.6. The first kappa shape index (κ1) is 17.4. The Labute approximate surface area is 137 Å². The molecular weight excluding hydrogens is 294 g/mol. The molecule has 0 unspecified atom stereocenters. The van der Waals surface area contributed by atoms with Gasteiger partial charge >= 0.3 is 0 Å². The number of carbonyl (C=O) groups is 2. The SMILES string of the molecule is COCCNCCNC(=O)CCCc1ccc2c(c1)CC(=O)N2. The molecule has 1 aromatic carbocycles. The van der Waals surface area contributed by atoms with E-state index in [0.29, 0.717) is 26.0 Å². The highest BCUT2D eigenvalue weighted by atomic mass is 16.5. The second kappa shape index (κ2) is 9.27. The maximum absolute atomic E-state index is 11.7. The first-order chi connectivity index (χ1) is 11.2. The third-order valence-electron chi connectivity index (χ3n) is 3.77. The fourth-order valence-electron chi connectivity index (χ4n) is 2.57. The van der Waals surface area contributed by atoms with Crippen LogP contribution in [0.25, 0.3) is 0 Å². The molecule has 1 aromatic rings. The summed E-state index contributed by atoms with van der Waals surface area (Å²) in [6, 6.07) is 6.02. The van der Waals surface area contributed by atoms with Gasteiger partial charge in [-0.25, -0.2) is 0 Å². The number of ether oxygens (including phenoxy) is 1. The van der Waals surface area contributed by atoms with Gasteiger partial charge in [0.2, 0.25) is 11.8 Å². The summed E-state index contributed by atoms with van der Waals surface area (Å²) in [6.07, 6.45) is 2.64. The molecule has 1 heterocycles. The average molecular weight is 319 g/mol. The lowest BCUT2D eigenvalue weighted by Crippen LogP contribution is -2.32. The Kier molecular flexibility index (Phi) is 7.03. The Bertz CT molecular complexity index is 546. The lowest BCUT2D eigenvalue weighted by atomic mass is 10.0. The molecule has 3 N–H and O–H groups in total. The second-order valence-electron chi connectivity index (χ2n) is 5.66. The van der Waals surface area contributed by atoms with Crippen LogP contribution in [0, 0.1) is 0 Å².